The van der Waals surface area contributed by atoms with Crippen molar-refractivity contribution in [1.29, 1.82) is 0 Å². The van der Waals surface area contributed by atoms with E-state index in [1.807, 2.05) is 13.0 Å². The number of hydrogen-bond acceptors (Lipinski definition) is 4. The third-order valence-corrected chi connectivity index (χ3v) is 6.97. The van der Waals surface area contributed by atoms with Crippen molar-refractivity contribution in [1.82, 2.24) is 4.31 Å². The molecule has 1 aliphatic rings. The minimum Gasteiger partial charge on any atom is -0.390 e. The number of nitrogens with zero attached hydrogens (tertiary/aromatic N) is 1. The summed E-state index contributed by atoms with van der Waals surface area (Å²) >= 11 is 1.34. The Morgan fingerprint density at radius 3 is 2.50 bits per heavy atom. The molecule has 0 unspecified atom stereocenters. The summed E-state index contributed by atoms with van der Waals surface area (Å²) in [6.07, 6.45) is 1.85. The van der Waals surface area contributed by atoms with E-state index in [1.54, 1.807) is 13.0 Å². The molecule has 0 saturated carbocycles. The Bertz CT molecular complexity index is 509. The lowest BCUT2D eigenvalue weighted by molar-refractivity contribution is 0.0126. The van der Waals surface area contributed by atoms with Crippen LogP contribution in [0, 0.1) is 0 Å². The Morgan fingerprint density at radius 2 is 2.00 bits per heavy atom. The molecule has 0 spiro atoms. The van der Waals surface area contributed by atoms with Gasteiger partial charge in [-0.05, 0) is 38.3 Å². The fourth-order valence-electron chi connectivity index (χ4n) is 2.02. The quantitative estimate of drug-likeness (QED) is 0.924. The largest absolute Gasteiger partial charge is 0.390 e. The molecule has 4 nitrogen and oxygen atoms in total. The van der Waals surface area contributed by atoms with Crippen molar-refractivity contribution in [2.45, 2.75) is 42.9 Å². The molecule has 0 amide bonds. The van der Waals surface area contributed by atoms with E-state index >= 15 is 0 Å². The molecule has 1 aromatic heterocycles. The first-order chi connectivity index (χ1) is 8.35. The number of hydrogen-bond donors (Lipinski definition) is 1. The van der Waals surface area contributed by atoms with Gasteiger partial charge in [0, 0.05) is 18.0 Å². The van der Waals surface area contributed by atoms with Gasteiger partial charge in [0.1, 0.15) is 4.21 Å². The van der Waals surface area contributed by atoms with E-state index in [0.717, 1.165) is 11.3 Å². The molecule has 1 N–H and O–H groups in total. The molecule has 0 aromatic carbocycles. The van der Waals surface area contributed by atoms with Crippen LogP contribution in [0.25, 0.3) is 0 Å². The number of sulfonamides is 1. The van der Waals surface area contributed by atoms with Crippen LogP contribution in [0.2, 0.25) is 0 Å². The van der Waals surface area contributed by atoms with E-state index in [0.29, 0.717) is 30.1 Å². The van der Waals surface area contributed by atoms with E-state index in [9.17, 15) is 13.5 Å². The predicted octanol–water partition coefficient (Wildman–Crippen LogP) is 1.85. The molecule has 6 heteroatoms. The first-order valence-electron chi connectivity index (χ1n) is 6.16. The van der Waals surface area contributed by atoms with E-state index < -0.39 is 15.6 Å². The van der Waals surface area contributed by atoms with Crippen molar-refractivity contribution >= 4 is 21.4 Å². The number of thiophene rings is 1. The maximum atomic E-state index is 12.4. The molecule has 18 heavy (non-hydrogen) atoms. The molecule has 1 aromatic rings. The van der Waals surface area contributed by atoms with Crippen LogP contribution < -0.4 is 0 Å². The Labute approximate surface area is 112 Å². The standard InChI is InChI=1S/C12H19NO3S2/c1-3-10-4-5-11(17-10)18(15,16)13-8-6-12(2,14)7-9-13/h4-5,14H,3,6-9H2,1-2H3. The second-order valence-electron chi connectivity index (χ2n) is 4.98. The number of aryl methyl sites for hydroxylation is 1. The zero-order valence-corrected chi connectivity index (χ0v) is 12.4. The van der Waals surface area contributed by atoms with Gasteiger partial charge >= 0.3 is 0 Å². The molecule has 1 aliphatic heterocycles. The second kappa shape index (κ2) is 4.92. The average molecular weight is 289 g/mol. The molecular weight excluding hydrogens is 270 g/mol. The maximum absolute atomic E-state index is 12.4. The lowest BCUT2D eigenvalue weighted by atomic mass is 9.95. The summed E-state index contributed by atoms with van der Waals surface area (Å²) in [7, 11) is -3.36. The molecule has 2 rings (SSSR count). The van der Waals surface area contributed by atoms with Gasteiger partial charge in [-0.1, -0.05) is 6.92 Å². The second-order valence-corrected chi connectivity index (χ2v) is 8.31. The van der Waals surface area contributed by atoms with Crippen LogP contribution in [0.4, 0.5) is 0 Å². The first kappa shape index (κ1) is 14.0. The fourth-order valence-corrected chi connectivity index (χ4v) is 4.91. The molecule has 2 heterocycles. The molecule has 102 valence electrons. The van der Waals surface area contributed by atoms with Crippen molar-refractivity contribution < 1.29 is 13.5 Å². The lowest BCUT2D eigenvalue weighted by Crippen LogP contribution is -2.44. The summed E-state index contributed by atoms with van der Waals surface area (Å²) in [6, 6.07) is 3.56. The van der Waals surface area contributed by atoms with Crippen molar-refractivity contribution in [3.05, 3.63) is 17.0 Å². The zero-order chi connectivity index (χ0) is 13.4. The predicted molar refractivity (Wildman–Crippen MR) is 72.3 cm³/mol. The molecule has 1 fully saturated rings. The van der Waals surface area contributed by atoms with Gasteiger partial charge in [-0.3, -0.25) is 0 Å². The summed E-state index contributed by atoms with van der Waals surface area (Å²) in [6.45, 7) is 4.57. The van der Waals surface area contributed by atoms with Crippen molar-refractivity contribution in [3.63, 3.8) is 0 Å². The van der Waals surface area contributed by atoms with Crippen LogP contribution in [0.3, 0.4) is 0 Å². The SMILES string of the molecule is CCc1ccc(S(=O)(=O)N2CCC(C)(O)CC2)s1. The smallest absolute Gasteiger partial charge is 0.252 e. The van der Waals surface area contributed by atoms with Crippen LogP contribution in [-0.2, 0) is 16.4 Å². The summed E-state index contributed by atoms with van der Waals surface area (Å²) in [5, 5.41) is 9.85. The molecule has 1 saturated heterocycles. The highest BCUT2D eigenvalue weighted by atomic mass is 32.2. The number of aliphatic hydroxyl groups is 1. The van der Waals surface area contributed by atoms with E-state index in [4.69, 9.17) is 0 Å². The van der Waals surface area contributed by atoms with Crippen molar-refractivity contribution in [2.24, 2.45) is 0 Å². The highest BCUT2D eigenvalue weighted by molar-refractivity contribution is 7.91. The highest BCUT2D eigenvalue weighted by Gasteiger charge is 2.34. The van der Waals surface area contributed by atoms with Gasteiger partial charge in [0.2, 0.25) is 0 Å². The Morgan fingerprint density at radius 1 is 1.39 bits per heavy atom. The van der Waals surface area contributed by atoms with Gasteiger partial charge in [0.25, 0.3) is 10.0 Å². The lowest BCUT2D eigenvalue weighted by Gasteiger charge is -2.34. The fraction of sp³-hybridized carbons (Fsp3) is 0.667. The van der Waals surface area contributed by atoms with Gasteiger partial charge in [0.05, 0.1) is 5.60 Å². The Hall–Kier alpha value is -0.430. The van der Waals surface area contributed by atoms with Gasteiger partial charge in [0.15, 0.2) is 0 Å². The molecule has 0 aliphatic carbocycles. The average Bonchev–Trinajstić information content (AvgIpc) is 2.77. The topological polar surface area (TPSA) is 57.6 Å². The number of rotatable bonds is 3. The van der Waals surface area contributed by atoms with E-state index in [-0.39, 0.29) is 0 Å². The van der Waals surface area contributed by atoms with E-state index in [2.05, 4.69) is 0 Å². The highest BCUT2D eigenvalue weighted by Crippen LogP contribution is 2.29. The van der Waals surface area contributed by atoms with Gasteiger partial charge in [-0.25, -0.2) is 8.42 Å². The molecule has 0 atom stereocenters. The first-order valence-corrected chi connectivity index (χ1v) is 8.42. The van der Waals surface area contributed by atoms with Gasteiger partial charge < -0.3 is 5.11 Å². The van der Waals surface area contributed by atoms with Crippen LogP contribution in [-0.4, -0.2) is 36.5 Å². The van der Waals surface area contributed by atoms with Crippen LogP contribution in [0.15, 0.2) is 16.3 Å². The molecular formula is C12H19NO3S2. The Balaban J connectivity index is 2.17. The summed E-state index contributed by atoms with van der Waals surface area (Å²) in [5.74, 6) is 0. The summed E-state index contributed by atoms with van der Waals surface area (Å²) < 4.78 is 26.7. The zero-order valence-electron chi connectivity index (χ0n) is 10.7. The van der Waals surface area contributed by atoms with Gasteiger partial charge in [-0.15, -0.1) is 11.3 Å². The van der Waals surface area contributed by atoms with Gasteiger partial charge in [-0.2, -0.15) is 4.31 Å². The van der Waals surface area contributed by atoms with Crippen LogP contribution >= 0.6 is 11.3 Å². The van der Waals surface area contributed by atoms with E-state index in [1.165, 1.54) is 15.6 Å². The molecule has 0 bridgehead atoms. The third-order valence-electron chi connectivity index (χ3n) is 3.38. The van der Waals surface area contributed by atoms with Crippen molar-refractivity contribution in [2.75, 3.05) is 13.1 Å². The minimum atomic E-state index is -3.36. The normalized spacial score (nSPS) is 21.1. The monoisotopic (exact) mass is 289 g/mol. The third kappa shape index (κ3) is 2.77. The summed E-state index contributed by atoms with van der Waals surface area (Å²) in [5.41, 5.74) is -0.726. The Kier molecular flexibility index (Phi) is 3.82. The summed E-state index contributed by atoms with van der Waals surface area (Å²) in [4.78, 5) is 1.08. The van der Waals surface area contributed by atoms with Crippen LogP contribution in [0.1, 0.15) is 31.6 Å². The number of piperidine rings is 1. The van der Waals surface area contributed by atoms with Crippen molar-refractivity contribution in [3.8, 4) is 0 Å². The minimum absolute atomic E-state index is 0.398. The molecule has 0 radical (unpaired) electrons. The maximum Gasteiger partial charge on any atom is 0.252 e. The van der Waals surface area contributed by atoms with Crippen LogP contribution in [0.5, 0.6) is 0 Å².